The monoisotopic (exact) mass is 748 g/mol. The van der Waals surface area contributed by atoms with Gasteiger partial charge < -0.3 is 9.47 Å². The van der Waals surface area contributed by atoms with Gasteiger partial charge in [0.1, 0.15) is 5.01 Å². The molecule has 6 saturated heterocycles. The molecule has 6 aliphatic heterocycles. The zero-order valence-corrected chi connectivity index (χ0v) is 32.9. The fourth-order valence-corrected chi connectivity index (χ4v) is 12.8. The summed E-state index contributed by atoms with van der Waals surface area (Å²) in [5.74, 6) is -0.493. The Morgan fingerprint density at radius 3 is 1.47 bits per heavy atom. The fraction of sp³-hybridized carbons (Fsp3) is 0.758. The van der Waals surface area contributed by atoms with E-state index in [9.17, 15) is 19.2 Å². The minimum atomic E-state index is -0.837. The number of likely N-dealkylation sites (tertiary alicyclic amines) is 1. The van der Waals surface area contributed by atoms with E-state index in [1.165, 1.54) is 42.7 Å². The molecule has 266 valence electrons. The van der Waals surface area contributed by atoms with Crippen LogP contribution in [0, 0.1) is 27.1 Å². The van der Waals surface area contributed by atoms with Gasteiger partial charge in [0.25, 0.3) is 0 Å². The van der Waals surface area contributed by atoms with Crippen LogP contribution in [0.5, 0.6) is 0 Å². The normalized spacial score (nSPS) is 37.8. The van der Waals surface area contributed by atoms with Crippen LogP contribution in [0.3, 0.4) is 0 Å². The summed E-state index contributed by atoms with van der Waals surface area (Å²) >= 11 is 2.80. The number of imide groups is 2. The van der Waals surface area contributed by atoms with Gasteiger partial charge in [0.2, 0.25) is 28.8 Å². The standard InChI is InChI=1S/C18H21N5O3S4.C15H23NO3/c1-16(2,3)10-19-21-14(27-10)29-30-15-22-20-13(28-15)23-11(24)17(4)8-6-7-9(26-8)18(17,5)12(23)25;1-13(2,3)8-16-11(17)14(4)9-6-7-10(19-9)15(14,5)12(16)18/h8-9H,6-7H2,1-5H3;9-10H,6-8H2,1-5H3/t8-,9+,17+,18-;9-,10+,14+,15-. The number of carbonyl (C=O) groups is 4. The van der Waals surface area contributed by atoms with Crippen molar-refractivity contribution >= 4 is 73.0 Å². The molecule has 0 unspecified atom stereocenters. The average Bonchev–Trinajstić information content (AvgIpc) is 3.87. The average molecular weight is 749 g/mol. The molecule has 4 bridgehead atoms. The van der Waals surface area contributed by atoms with E-state index in [-0.39, 0.29) is 58.9 Å². The molecule has 0 saturated carbocycles. The van der Waals surface area contributed by atoms with Crippen molar-refractivity contribution in [2.45, 2.75) is 133 Å². The fourth-order valence-electron chi connectivity index (χ4n) is 8.70. The lowest BCUT2D eigenvalue weighted by atomic mass is 9.59. The summed E-state index contributed by atoms with van der Waals surface area (Å²) in [5, 5.41) is 18.1. The maximum absolute atomic E-state index is 13.3. The molecule has 6 fully saturated rings. The van der Waals surface area contributed by atoms with Crippen LogP contribution < -0.4 is 4.90 Å². The summed E-state index contributed by atoms with van der Waals surface area (Å²) in [6, 6.07) is 0. The number of hydrogen-bond acceptors (Lipinski definition) is 14. The predicted molar refractivity (Wildman–Crippen MR) is 187 cm³/mol. The Morgan fingerprint density at radius 2 is 1.06 bits per heavy atom. The van der Waals surface area contributed by atoms with Gasteiger partial charge in [0, 0.05) is 12.0 Å². The number of carbonyl (C=O) groups excluding carboxylic acids is 4. The Bertz CT molecular complexity index is 1680. The highest BCUT2D eigenvalue weighted by Gasteiger charge is 2.78. The second kappa shape index (κ2) is 11.3. The molecule has 49 heavy (non-hydrogen) atoms. The van der Waals surface area contributed by atoms with E-state index in [4.69, 9.17) is 9.47 Å². The lowest BCUT2D eigenvalue weighted by Crippen LogP contribution is -2.48. The number of aromatic nitrogens is 4. The second-order valence-electron chi connectivity index (χ2n) is 17.0. The smallest absolute Gasteiger partial charge is 0.245 e. The highest BCUT2D eigenvalue weighted by atomic mass is 33.1. The maximum Gasteiger partial charge on any atom is 0.245 e. The highest BCUT2D eigenvalue weighted by molar-refractivity contribution is 8.77. The van der Waals surface area contributed by atoms with Crippen molar-refractivity contribution < 1.29 is 28.7 Å². The van der Waals surface area contributed by atoms with E-state index in [0.717, 1.165) is 35.0 Å². The Hall–Kier alpha value is -1.98. The molecule has 2 aromatic heterocycles. The molecule has 16 heteroatoms. The molecule has 12 nitrogen and oxygen atoms in total. The minimum absolute atomic E-state index is 0.0258. The zero-order chi connectivity index (χ0) is 35.7. The summed E-state index contributed by atoms with van der Waals surface area (Å²) in [6.45, 7) is 20.6. The van der Waals surface area contributed by atoms with Crippen LogP contribution in [0.1, 0.15) is 99.9 Å². The molecule has 2 aromatic rings. The number of ether oxygens (including phenoxy) is 2. The molecule has 8 atom stereocenters. The van der Waals surface area contributed by atoms with Gasteiger partial charge in [-0.15, -0.1) is 20.4 Å². The van der Waals surface area contributed by atoms with Gasteiger partial charge in [-0.2, -0.15) is 0 Å². The maximum atomic E-state index is 13.3. The van der Waals surface area contributed by atoms with Crippen molar-refractivity contribution in [3.63, 3.8) is 0 Å². The van der Waals surface area contributed by atoms with Crippen LogP contribution >= 0.6 is 44.3 Å². The summed E-state index contributed by atoms with van der Waals surface area (Å²) < 4.78 is 13.4. The molecule has 4 amide bonds. The van der Waals surface area contributed by atoms with Gasteiger partial charge in [-0.1, -0.05) is 64.2 Å². The number of rotatable bonds is 5. The number of anilines is 1. The molecule has 8 rings (SSSR count). The van der Waals surface area contributed by atoms with E-state index in [0.29, 0.717) is 16.0 Å². The first-order chi connectivity index (χ1) is 22.7. The van der Waals surface area contributed by atoms with E-state index in [2.05, 4.69) is 61.9 Å². The van der Waals surface area contributed by atoms with Gasteiger partial charge >= 0.3 is 0 Å². The van der Waals surface area contributed by atoms with Crippen molar-refractivity contribution in [2.75, 3.05) is 11.4 Å². The van der Waals surface area contributed by atoms with Gasteiger partial charge in [0.15, 0.2) is 8.68 Å². The molecular weight excluding hydrogens is 705 g/mol. The van der Waals surface area contributed by atoms with Crippen LogP contribution in [0.2, 0.25) is 0 Å². The molecule has 0 spiro atoms. The molecule has 0 N–H and O–H groups in total. The third-order valence-electron chi connectivity index (χ3n) is 11.9. The first kappa shape index (κ1) is 35.4. The molecule has 8 heterocycles. The Balaban J connectivity index is 0.000000171. The van der Waals surface area contributed by atoms with E-state index >= 15 is 0 Å². The van der Waals surface area contributed by atoms with Crippen LogP contribution in [0.4, 0.5) is 5.13 Å². The topological polar surface area (TPSA) is 145 Å². The van der Waals surface area contributed by atoms with Crippen molar-refractivity contribution in [2.24, 2.45) is 27.1 Å². The van der Waals surface area contributed by atoms with Crippen LogP contribution in [-0.2, 0) is 34.1 Å². The Morgan fingerprint density at radius 1 is 0.653 bits per heavy atom. The molecular formula is C33H44N6O6S4. The Kier molecular flexibility index (Phi) is 8.14. The first-order valence-corrected chi connectivity index (χ1v) is 20.6. The van der Waals surface area contributed by atoms with Crippen molar-refractivity contribution in [1.29, 1.82) is 0 Å². The van der Waals surface area contributed by atoms with Crippen LogP contribution in [0.15, 0.2) is 8.68 Å². The second-order valence-corrected chi connectivity index (χ2v) is 21.6. The van der Waals surface area contributed by atoms with Gasteiger partial charge in [-0.25, -0.2) is 4.90 Å². The minimum Gasteiger partial charge on any atom is -0.373 e. The van der Waals surface area contributed by atoms with E-state index in [1.54, 1.807) is 11.3 Å². The number of amides is 4. The first-order valence-electron chi connectivity index (χ1n) is 16.8. The zero-order valence-electron chi connectivity index (χ0n) is 29.6. The summed E-state index contributed by atoms with van der Waals surface area (Å²) in [7, 11) is 2.86. The third kappa shape index (κ3) is 4.82. The van der Waals surface area contributed by atoms with Crippen molar-refractivity contribution in [3.8, 4) is 0 Å². The highest BCUT2D eigenvalue weighted by Crippen LogP contribution is 2.66. The van der Waals surface area contributed by atoms with Crippen molar-refractivity contribution in [1.82, 2.24) is 25.3 Å². The van der Waals surface area contributed by atoms with Crippen LogP contribution in [0.25, 0.3) is 0 Å². The summed E-state index contributed by atoms with van der Waals surface area (Å²) in [6.07, 6.45) is 2.86. The molecule has 0 aromatic carbocycles. The Labute approximate surface area is 302 Å². The lowest BCUT2D eigenvalue weighted by molar-refractivity contribution is -0.146. The predicted octanol–water partition coefficient (Wildman–Crippen LogP) is 5.91. The van der Waals surface area contributed by atoms with E-state index in [1.807, 2.05) is 27.7 Å². The van der Waals surface area contributed by atoms with Gasteiger partial charge in [0.05, 0.1) is 46.1 Å². The largest absolute Gasteiger partial charge is 0.373 e. The van der Waals surface area contributed by atoms with Crippen molar-refractivity contribution in [3.05, 3.63) is 5.01 Å². The number of fused-ring (bicyclic) bond motifs is 10. The summed E-state index contributed by atoms with van der Waals surface area (Å²) in [4.78, 5) is 55.0. The third-order valence-corrected chi connectivity index (χ3v) is 17.1. The van der Waals surface area contributed by atoms with Crippen LogP contribution in [-0.4, -0.2) is 79.9 Å². The van der Waals surface area contributed by atoms with Gasteiger partial charge in [-0.3, -0.25) is 24.1 Å². The number of nitrogens with zero attached hydrogens (tertiary/aromatic N) is 6. The number of hydrogen-bond donors (Lipinski definition) is 0. The SMILES string of the molecule is CC(C)(C)CN1C(=O)[C@@]2(C)[C@@H]3CC[C@@H](O3)[C@@]2(C)C1=O.CC(C)(C)c1nnc(SSc2nnc(N3C(=O)[C@@]4(C)[C@@H]5CC[C@@H](O5)[C@@]4(C)C3=O)s2)s1. The lowest BCUT2D eigenvalue weighted by Gasteiger charge is -2.36. The quantitative estimate of drug-likeness (QED) is 0.204. The van der Waals surface area contributed by atoms with E-state index < -0.39 is 21.7 Å². The molecule has 0 aliphatic carbocycles. The molecule has 0 radical (unpaired) electrons. The summed E-state index contributed by atoms with van der Waals surface area (Å²) in [5.41, 5.74) is -3.10. The molecule has 6 aliphatic rings. The van der Waals surface area contributed by atoms with Gasteiger partial charge in [-0.05, 0) is 80.4 Å².